The lowest BCUT2D eigenvalue weighted by Gasteiger charge is -2.06. The highest BCUT2D eigenvalue weighted by Gasteiger charge is 2.20. The Balaban J connectivity index is 1.93. The Morgan fingerprint density at radius 1 is 1.17 bits per heavy atom. The quantitative estimate of drug-likeness (QED) is 0.429. The van der Waals surface area contributed by atoms with Crippen LogP contribution >= 0.6 is 11.3 Å². The van der Waals surface area contributed by atoms with Gasteiger partial charge in [0, 0.05) is 22.8 Å². The molecule has 1 heterocycles. The number of nitrogens with zero attached hydrogens (tertiary/aromatic N) is 2. The van der Waals surface area contributed by atoms with Gasteiger partial charge in [0.2, 0.25) is 0 Å². The molecule has 9 nitrogen and oxygen atoms in total. The van der Waals surface area contributed by atoms with E-state index in [4.69, 9.17) is 4.74 Å². The number of carbonyl (C=O) groups is 2. The molecule has 2 amide bonds. The predicted molar refractivity (Wildman–Crippen MR) is 114 cm³/mol. The highest BCUT2D eigenvalue weighted by Crippen LogP contribution is 2.36. The second-order valence-electron chi connectivity index (χ2n) is 6.12. The molecule has 0 saturated heterocycles. The molecule has 0 fully saturated rings. The van der Waals surface area contributed by atoms with Gasteiger partial charge in [0.15, 0.2) is 5.13 Å². The summed E-state index contributed by atoms with van der Waals surface area (Å²) in [6, 6.07) is 13.4. The van der Waals surface area contributed by atoms with Crippen LogP contribution in [0.25, 0.3) is 11.3 Å². The van der Waals surface area contributed by atoms with E-state index in [1.165, 1.54) is 18.2 Å². The monoisotopic (exact) mass is 426 g/mol. The number of anilines is 2. The number of thiazole rings is 1. The number of rotatable bonds is 6. The van der Waals surface area contributed by atoms with Gasteiger partial charge in [-0.15, -0.1) is 0 Å². The third kappa shape index (κ3) is 4.78. The lowest BCUT2D eigenvalue weighted by Crippen LogP contribution is -2.12. The van der Waals surface area contributed by atoms with Crippen LogP contribution in [0, 0.1) is 17.0 Å². The molecule has 0 radical (unpaired) electrons. The molecule has 2 aromatic carbocycles. The summed E-state index contributed by atoms with van der Waals surface area (Å²) < 4.78 is 4.86. The van der Waals surface area contributed by atoms with Gasteiger partial charge in [-0.25, -0.2) is 9.78 Å². The van der Waals surface area contributed by atoms with Crippen molar-refractivity contribution < 1.29 is 19.2 Å². The summed E-state index contributed by atoms with van der Waals surface area (Å²) in [4.78, 5) is 39.5. The van der Waals surface area contributed by atoms with Gasteiger partial charge in [0.05, 0.1) is 11.5 Å². The summed E-state index contributed by atoms with van der Waals surface area (Å²) in [6.07, 6.45) is -0.655. The van der Waals surface area contributed by atoms with E-state index in [1.807, 2.05) is 30.3 Å². The number of carbonyl (C=O) groups excluding carboxylic acids is 2. The summed E-state index contributed by atoms with van der Waals surface area (Å²) >= 11 is 1.06. The van der Waals surface area contributed by atoms with E-state index in [-0.39, 0.29) is 23.0 Å². The molecule has 0 aliphatic rings. The first-order valence-corrected chi connectivity index (χ1v) is 9.77. The van der Waals surface area contributed by atoms with Gasteiger partial charge in [-0.05, 0) is 19.9 Å². The SMILES string of the molecule is CCOC(=O)Nc1nc(-c2ccccc2)c(NC(=O)c2ccc(C)c([N+](=O)[O-])c2)s1. The van der Waals surface area contributed by atoms with E-state index in [1.54, 1.807) is 13.8 Å². The molecule has 0 spiro atoms. The second kappa shape index (κ2) is 9.14. The Morgan fingerprint density at radius 3 is 2.57 bits per heavy atom. The van der Waals surface area contributed by atoms with Crippen LogP contribution in [-0.2, 0) is 4.74 Å². The number of hydrogen-bond acceptors (Lipinski definition) is 7. The van der Waals surface area contributed by atoms with Gasteiger partial charge in [-0.1, -0.05) is 47.7 Å². The molecule has 1 aromatic heterocycles. The molecule has 10 heteroatoms. The van der Waals surface area contributed by atoms with E-state index < -0.39 is 16.9 Å². The molecule has 3 aromatic rings. The Hall–Kier alpha value is -3.79. The van der Waals surface area contributed by atoms with Gasteiger partial charge in [-0.2, -0.15) is 0 Å². The largest absolute Gasteiger partial charge is 0.450 e. The van der Waals surface area contributed by atoms with E-state index in [0.29, 0.717) is 16.3 Å². The van der Waals surface area contributed by atoms with Gasteiger partial charge < -0.3 is 10.1 Å². The molecule has 30 heavy (non-hydrogen) atoms. The molecule has 154 valence electrons. The summed E-state index contributed by atoms with van der Waals surface area (Å²) in [5.41, 5.74) is 1.65. The molecule has 0 atom stereocenters. The van der Waals surface area contributed by atoms with Crippen LogP contribution in [0.5, 0.6) is 0 Å². The molecule has 0 bridgehead atoms. The van der Waals surface area contributed by atoms with Gasteiger partial charge >= 0.3 is 6.09 Å². The van der Waals surface area contributed by atoms with Crippen LogP contribution in [0.2, 0.25) is 0 Å². The number of hydrogen-bond donors (Lipinski definition) is 2. The zero-order valence-electron chi connectivity index (χ0n) is 16.2. The minimum atomic E-state index is -0.655. The van der Waals surface area contributed by atoms with Crippen LogP contribution in [0.15, 0.2) is 48.5 Å². The first kappa shape index (κ1) is 20.9. The Labute approximate surface area is 175 Å². The number of nitro groups is 1. The van der Waals surface area contributed by atoms with Crippen molar-refractivity contribution in [3.05, 3.63) is 69.8 Å². The molecular weight excluding hydrogens is 408 g/mol. The predicted octanol–water partition coefficient (Wildman–Crippen LogP) is 4.85. The van der Waals surface area contributed by atoms with Crippen molar-refractivity contribution in [3.63, 3.8) is 0 Å². The average molecular weight is 426 g/mol. The Morgan fingerprint density at radius 2 is 1.90 bits per heavy atom. The summed E-state index contributed by atoms with van der Waals surface area (Å²) in [6.45, 7) is 3.49. The minimum Gasteiger partial charge on any atom is -0.450 e. The number of ether oxygens (including phenoxy) is 1. The van der Waals surface area contributed by atoms with Gasteiger partial charge in [0.1, 0.15) is 10.7 Å². The van der Waals surface area contributed by atoms with Crippen molar-refractivity contribution in [2.75, 3.05) is 17.2 Å². The van der Waals surface area contributed by atoms with Crippen molar-refractivity contribution in [2.24, 2.45) is 0 Å². The first-order chi connectivity index (χ1) is 14.4. The minimum absolute atomic E-state index is 0.139. The maximum absolute atomic E-state index is 12.8. The fraction of sp³-hybridized carbons (Fsp3) is 0.150. The Kier molecular flexibility index (Phi) is 6.38. The van der Waals surface area contributed by atoms with Crippen molar-refractivity contribution in [3.8, 4) is 11.3 Å². The zero-order valence-corrected chi connectivity index (χ0v) is 17.0. The fourth-order valence-electron chi connectivity index (χ4n) is 2.63. The van der Waals surface area contributed by atoms with Crippen LogP contribution in [0.4, 0.5) is 20.6 Å². The number of nitrogens with one attached hydrogen (secondary N) is 2. The number of benzene rings is 2. The average Bonchev–Trinajstić information content (AvgIpc) is 3.10. The maximum Gasteiger partial charge on any atom is 0.413 e. The third-order valence-corrected chi connectivity index (χ3v) is 4.94. The van der Waals surface area contributed by atoms with E-state index in [0.717, 1.165) is 16.9 Å². The standard InChI is InChI=1S/C20H18N4O5S/c1-3-29-20(26)23-19-21-16(13-7-5-4-6-8-13)18(30-19)22-17(25)14-10-9-12(2)15(11-14)24(27)28/h4-11H,3H2,1-2H3,(H,22,25)(H,21,23,26). The molecule has 2 N–H and O–H groups in total. The highest BCUT2D eigenvalue weighted by atomic mass is 32.1. The lowest BCUT2D eigenvalue weighted by molar-refractivity contribution is -0.385. The Bertz CT molecular complexity index is 1100. The number of nitro benzene ring substituents is 1. The molecule has 0 unspecified atom stereocenters. The number of amides is 2. The maximum atomic E-state index is 12.8. The van der Waals surface area contributed by atoms with Crippen LogP contribution in [0.1, 0.15) is 22.8 Å². The van der Waals surface area contributed by atoms with Crippen LogP contribution < -0.4 is 10.6 Å². The van der Waals surface area contributed by atoms with Crippen molar-refractivity contribution in [2.45, 2.75) is 13.8 Å². The number of aromatic nitrogens is 1. The molecule has 0 saturated carbocycles. The topological polar surface area (TPSA) is 123 Å². The smallest absolute Gasteiger partial charge is 0.413 e. The van der Waals surface area contributed by atoms with Crippen LogP contribution in [0.3, 0.4) is 0 Å². The van der Waals surface area contributed by atoms with Crippen molar-refractivity contribution >= 4 is 39.2 Å². The summed E-state index contributed by atoms with van der Waals surface area (Å²) in [5.74, 6) is -0.526. The zero-order chi connectivity index (χ0) is 21.7. The van der Waals surface area contributed by atoms with E-state index in [2.05, 4.69) is 15.6 Å². The molecule has 3 rings (SSSR count). The summed E-state index contributed by atoms with van der Waals surface area (Å²) in [7, 11) is 0. The summed E-state index contributed by atoms with van der Waals surface area (Å²) in [5, 5.41) is 17.1. The first-order valence-electron chi connectivity index (χ1n) is 8.95. The lowest BCUT2D eigenvalue weighted by atomic mass is 10.1. The third-order valence-electron chi connectivity index (χ3n) is 4.05. The fourth-order valence-corrected chi connectivity index (χ4v) is 3.50. The van der Waals surface area contributed by atoms with Gasteiger partial charge in [-0.3, -0.25) is 20.2 Å². The van der Waals surface area contributed by atoms with Crippen LogP contribution in [-0.4, -0.2) is 28.5 Å². The molecular formula is C20H18N4O5S. The van der Waals surface area contributed by atoms with Gasteiger partial charge in [0.25, 0.3) is 11.6 Å². The van der Waals surface area contributed by atoms with Crippen molar-refractivity contribution in [1.82, 2.24) is 4.98 Å². The molecule has 0 aliphatic heterocycles. The second-order valence-corrected chi connectivity index (χ2v) is 7.12. The van der Waals surface area contributed by atoms with Crippen molar-refractivity contribution in [1.29, 1.82) is 0 Å². The normalized spacial score (nSPS) is 10.3. The van der Waals surface area contributed by atoms with E-state index in [9.17, 15) is 19.7 Å². The number of aryl methyl sites for hydroxylation is 1. The van der Waals surface area contributed by atoms with E-state index >= 15 is 0 Å². The molecule has 0 aliphatic carbocycles. The highest BCUT2D eigenvalue weighted by molar-refractivity contribution is 7.20.